The number of hydrogen-bond donors (Lipinski definition) is 0. The average Bonchev–Trinajstić information content (AvgIpc) is 1.82. The van der Waals surface area contributed by atoms with Crippen LogP contribution in [0.4, 0.5) is 4.79 Å². The Hall–Kier alpha value is -0.510. The first-order chi connectivity index (χ1) is 5.35. The highest BCUT2D eigenvalue weighted by molar-refractivity contribution is 8.13. The number of thioether (sulfide) groups is 1. The summed E-state index contributed by atoms with van der Waals surface area (Å²) in [7, 11) is 0. The maximum Gasteiger partial charge on any atom is 0.434 e. The fraction of sp³-hybridized carbons (Fsp3) is 0.750. The van der Waals surface area contributed by atoms with Gasteiger partial charge in [-0.15, -0.1) is 11.8 Å². The number of aliphatic imine (C=N–C) groups is 1. The zero-order chi connectivity index (χ0) is 9.78. The zero-order valence-electron chi connectivity index (χ0n) is 8.17. The van der Waals surface area contributed by atoms with Crippen molar-refractivity contribution < 1.29 is 9.53 Å². The predicted molar refractivity (Wildman–Crippen MR) is 52.9 cm³/mol. The Kier molecular flexibility index (Phi) is 4.31. The monoisotopic (exact) mass is 189 g/mol. The van der Waals surface area contributed by atoms with Crippen LogP contribution < -0.4 is 0 Å². The Bertz CT molecular complexity index is 194. The Morgan fingerprint density at radius 1 is 1.42 bits per heavy atom. The van der Waals surface area contributed by atoms with Gasteiger partial charge in [-0.2, -0.15) is 4.99 Å². The first kappa shape index (κ1) is 11.5. The molecule has 0 radical (unpaired) electrons. The van der Waals surface area contributed by atoms with E-state index in [0.29, 0.717) is 5.04 Å². The van der Waals surface area contributed by atoms with Gasteiger partial charge in [0, 0.05) is 0 Å². The summed E-state index contributed by atoms with van der Waals surface area (Å²) >= 11 is 1.43. The largest absolute Gasteiger partial charge is 0.442 e. The number of carbonyl (C=O) groups excluding carboxylic acids is 1. The SMILES string of the molecule is CSC(C)=NC(=O)OC(C)(C)C. The number of rotatable bonds is 0. The van der Waals surface area contributed by atoms with Gasteiger partial charge in [-0.3, -0.25) is 0 Å². The lowest BCUT2D eigenvalue weighted by Gasteiger charge is -2.17. The summed E-state index contributed by atoms with van der Waals surface area (Å²) in [6.07, 6.45) is 1.35. The van der Waals surface area contributed by atoms with Gasteiger partial charge in [-0.1, -0.05) is 0 Å². The van der Waals surface area contributed by atoms with Crippen LogP contribution in [0.15, 0.2) is 4.99 Å². The minimum atomic E-state index is -0.519. The van der Waals surface area contributed by atoms with Gasteiger partial charge in [0.2, 0.25) is 0 Å². The summed E-state index contributed by atoms with van der Waals surface area (Å²) in [4.78, 5) is 14.7. The molecule has 0 saturated heterocycles. The second-order valence-electron chi connectivity index (χ2n) is 3.32. The maximum absolute atomic E-state index is 11.0. The molecular weight excluding hydrogens is 174 g/mol. The van der Waals surface area contributed by atoms with Gasteiger partial charge in [-0.25, -0.2) is 4.79 Å². The smallest absolute Gasteiger partial charge is 0.434 e. The van der Waals surface area contributed by atoms with Crippen molar-refractivity contribution in [2.24, 2.45) is 4.99 Å². The van der Waals surface area contributed by atoms with Crippen molar-refractivity contribution in [2.45, 2.75) is 33.3 Å². The van der Waals surface area contributed by atoms with E-state index in [1.807, 2.05) is 27.0 Å². The summed E-state index contributed by atoms with van der Waals surface area (Å²) in [6, 6.07) is 0. The molecule has 70 valence electrons. The summed E-state index contributed by atoms with van der Waals surface area (Å²) in [6.45, 7) is 7.22. The van der Waals surface area contributed by atoms with E-state index in [-0.39, 0.29) is 0 Å². The fourth-order valence-electron chi connectivity index (χ4n) is 0.459. The molecule has 1 amide bonds. The van der Waals surface area contributed by atoms with E-state index in [1.54, 1.807) is 6.92 Å². The average molecular weight is 189 g/mol. The van der Waals surface area contributed by atoms with Crippen LogP contribution in [0.5, 0.6) is 0 Å². The van der Waals surface area contributed by atoms with Crippen LogP contribution in [0.25, 0.3) is 0 Å². The second-order valence-corrected chi connectivity index (χ2v) is 4.31. The highest BCUT2D eigenvalue weighted by atomic mass is 32.2. The van der Waals surface area contributed by atoms with E-state index >= 15 is 0 Å². The summed E-state index contributed by atoms with van der Waals surface area (Å²) in [5.74, 6) is 0. The minimum Gasteiger partial charge on any atom is -0.442 e. The van der Waals surface area contributed by atoms with Crippen LogP contribution in [0.1, 0.15) is 27.7 Å². The maximum atomic E-state index is 11.0. The lowest BCUT2D eigenvalue weighted by molar-refractivity contribution is 0.0605. The lowest BCUT2D eigenvalue weighted by atomic mass is 10.2. The standard InChI is InChI=1S/C8H15NO2S/c1-6(12-5)9-7(10)11-8(2,3)4/h1-5H3. The van der Waals surface area contributed by atoms with Gasteiger partial charge < -0.3 is 4.74 Å². The fourth-order valence-corrected chi connectivity index (χ4v) is 0.625. The van der Waals surface area contributed by atoms with Crippen molar-refractivity contribution in [3.8, 4) is 0 Å². The van der Waals surface area contributed by atoms with Crippen LogP contribution in [-0.2, 0) is 4.74 Å². The first-order valence-corrected chi connectivity index (χ1v) is 4.90. The third-order valence-electron chi connectivity index (χ3n) is 0.938. The highest BCUT2D eigenvalue weighted by Crippen LogP contribution is 2.09. The van der Waals surface area contributed by atoms with Crippen LogP contribution in [0.3, 0.4) is 0 Å². The van der Waals surface area contributed by atoms with E-state index in [1.165, 1.54) is 11.8 Å². The molecule has 0 saturated carbocycles. The molecule has 0 bridgehead atoms. The van der Waals surface area contributed by atoms with Crippen LogP contribution >= 0.6 is 11.8 Å². The molecule has 0 spiro atoms. The third-order valence-corrected chi connectivity index (χ3v) is 1.62. The van der Waals surface area contributed by atoms with Crippen molar-refractivity contribution in [1.29, 1.82) is 0 Å². The van der Waals surface area contributed by atoms with E-state index in [9.17, 15) is 4.79 Å². The van der Waals surface area contributed by atoms with Crippen molar-refractivity contribution in [1.82, 2.24) is 0 Å². The van der Waals surface area contributed by atoms with Crippen molar-refractivity contribution in [2.75, 3.05) is 6.26 Å². The molecule has 0 aliphatic heterocycles. The molecule has 0 unspecified atom stereocenters. The molecule has 12 heavy (non-hydrogen) atoms. The molecule has 0 aromatic heterocycles. The second kappa shape index (κ2) is 4.50. The summed E-state index contributed by atoms with van der Waals surface area (Å²) in [5, 5.41) is 0.712. The van der Waals surface area contributed by atoms with Gasteiger partial charge in [0.15, 0.2) is 0 Å². The van der Waals surface area contributed by atoms with Crippen molar-refractivity contribution in [3.63, 3.8) is 0 Å². The van der Waals surface area contributed by atoms with E-state index in [2.05, 4.69) is 4.99 Å². The quantitative estimate of drug-likeness (QED) is 0.434. The Labute approximate surface area is 77.6 Å². The molecule has 0 atom stereocenters. The summed E-state index contributed by atoms with van der Waals surface area (Å²) in [5.41, 5.74) is -0.459. The number of amides is 1. The molecule has 0 aromatic carbocycles. The van der Waals surface area contributed by atoms with Gasteiger partial charge in [0.05, 0.1) is 5.04 Å². The normalized spacial score (nSPS) is 12.9. The Morgan fingerprint density at radius 3 is 2.25 bits per heavy atom. The van der Waals surface area contributed by atoms with E-state index in [0.717, 1.165) is 0 Å². The van der Waals surface area contributed by atoms with Gasteiger partial charge >= 0.3 is 6.09 Å². The number of nitrogens with zero attached hydrogens (tertiary/aromatic N) is 1. The highest BCUT2D eigenvalue weighted by Gasteiger charge is 2.15. The number of carbonyl (C=O) groups is 1. The first-order valence-electron chi connectivity index (χ1n) is 3.67. The van der Waals surface area contributed by atoms with Crippen molar-refractivity contribution >= 4 is 22.9 Å². The summed E-state index contributed by atoms with van der Waals surface area (Å²) < 4.78 is 4.97. The number of ether oxygens (including phenoxy) is 1. The molecule has 0 N–H and O–H groups in total. The molecule has 0 heterocycles. The van der Waals surface area contributed by atoms with Crippen molar-refractivity contribution in [3.05, 3.63) is 0 Å². The van der Waals surface area contributed by atoms with Gasteiger partial charge in [-0.05, 0) is 34.0 Å². The minimum absolute atomic E-state index is 0.459. The molecule has 0 aliphatic rings. The van der Waals surface area contributed by atoms with Crippen LogP contribution in [0, 0.1) is 0 Å². The van der Waals surface area contributed by atoms with Gasteiger partial charge in [0.1, 0.15) is 5.60 Å². The third kappa shape index (κ3) is 6.22. The molecule has 0 rings (SSSR count). The lowest BCUT2D eigenvalue weighted by Crippen LogP contribution is -2.22. The topological polar surface area (TPSA) is 38.7 Å². The molecule has 0 aliphatic carbocycles. The van der Waals surface area contributed by atoms with Gasteiger partial charge in [0.25, 0.3) is 0 Å². The number of hydrogen-bond acceptors (Lipinski definition) is 3. The Morgan fingerprint density at radius 2 is 1.92 bits per heavy atom. The molecule has 0 aromatic rings. The zero-order valence-corrected chi connectivity index (χ0v) is 8.99. The van der Waals surface area contributed by atoms with E-state index in [4.69, 9.17) is 4.74 Å². The molecule has 0 fully saturated rings. The van der Waals surface area contributed by atoms with E-state index < -0.39 is 11.7 Å². The Balaban J connectivity index is 4.08. The molecule has 3 nitrogen and oxygen atoms in total. The molecule has 4 heteroatoms. The molecular formula is C8H15NO2S. The van der Waals surface area contributed by atoms with Crippen LogP contribution in [-0.4, -0.2) is 23.0 Å². The van der Waals surface area contributed by atoms with Crippen LogP contribution in [0.2, 0.25) is 0 Å². The predicted octanol–water partition coefficient (Wildman–Crippen LogP) is 2.70.